The van der Waals surface area contributed by atoms with Crippen LogP contribution < -0.4 is 4.31 Å². The van der Waals surface area contributed by atoms with Crippen LogP contribution in [-0.2, 0) is 10.2 Å². The normalized spacial score (nSPS) is 28.7. The number of aromatic amines is 2. The van der Waals surface area contributed by atoms with Crippen molar-refractivity contribution in [3.8, 4) is 0 Å². The second kappa shape index (κ2) is 6.57. The van der Waals surface area contributed by atoms with Crippen molar-refractivity contribution >= 4 is 37.7 Å². The Morgan fingerprint density at radius 1 is 1.00 bits per heavy atom. The molecule has 9 heteroatoms. The maximum Gasteiger partial charge on any atom is 0.304 e. The first-order valence-electron chi connectivity index (χ1n) is 11.6. The van der Waals surface area contributed by atoms with E-state index in [9.17, 15) is 8.42 Å². The van der Waals surface area contributed by atoms with Crippen molar-refractivity contribution < 1.29 is 8.42 Å². The van der Waals surface area contributed by atoms with Crippen molar-refractivity contribution in [3.63, 3.8) is 0 Å². The second-order valence-corrected chi connectivity index (χ2v) is 12.0. The molecule has 2 fully saturated rings. The Labute approximate surface area is 192 Å². The van der Waals surface area contributed by atoms with Gasteiger partial charge in [0.25, 0.3) is 0 Å². The highest BCUT2D eigenvalue weighted by atomic mass is 32.2. The zero-order valence-corrected chi connectivity index (χ0v) is 19.4. The van der Waals surface area contributed by atoms with Gasteiger partial charge in [0.2, 0.25) is 0 Å². The predicted molar refractivity (Wildman–Crippen MR) is 127 cm³/mol. The number of benzene rings is 2. The summed E-state index contributed by atoms with van der Waals surface area (Å²) in [4.78, 5) is 0. The molecule has 2 aliphatic carbocycles. The van der Waals surface area contributed by atoms with Crippen LogP contribution in [0.3, 0.4) is 0 Å². The third-order valence-electron chi connectivity index (χ3n) is 8.33. The van der Waals surface area contributed by atoms with Crippen LogP contribution in [0.5, 0.6) is 0 Å². The Hall–Kier alpha value is -2.91. The van der Waals surface area contributed by atoms with Crippen LogP contribution in [0.1, 0.15) is 42.3 Å². The molecule has 4 aromatic rings. The average molecular weight is 463 g/mol. The second-order valence-electron chi connectivity index (χ2n) is 10.0. The molecule has 0 saturated heterocycles. The van der Waals surface area contributed by atoms with Gasteiger partial charge in [-0.1, -0.05) is 6.07 Å². The smallest absolute Gasteiger partial charge is 0.278 e. The highest BCUT2D eigenvalue weighted by molar-refractivity contribution is 7.90. The number of hydrogen-bond acceptors (Lipinski definition) is 4. The van der Waals surface area contributed by atoms with Gasteiger partial charge in [-0.3, -0.25) is 10.2 Å². The van der Waals surface area contributed by atoms with Crippen molar-refractivity contribution in [3.05, 3.63) is 53.9 Å². The molecule has 2 N–H and O–H groups in total. The average Bonchev–Trinajstić information content (AvgIpc) is 3.60. The molecule has 170 valence electrons. The van der Waals surface area contributed by atoms with Crippen molar-refractivity contribution in [2.75, 3.05) is 18.4 Å². The van der Waals surface area contributed by atoms with Crippen LogP contribution in [0.25, 0.3) is 21.8 Å². The van der Waals surface area contributed by atoms with Gasteiger partial charge < -0.3 is 0 Å². The number of H-pyrrole nitrogens is 2. The number of fused-ring (bicyclic) bond motifs is 10. The largest absolute Gasteiger partial charge is 0.304 e. The number of hydrogen-bond donors (Lipinski definition) is 2. The Balaban J connectivity index is 1.55. The molecule has 2 aromatic carbocycles. The van der Waals surface area contributed by atoms with Crippen LogP contribution in [0.2, 0.25) is 0 Å². The standard InChI is InChI=1S/C24H26N6O2S/c1-29(2)33(31,32)30-20-8-7-19-17(12-26-28-19)23(20)21-13-3-4-14(9-13)22(21)24(30)15-5-6-18-16(10-15)11-25-27-18/h5-8,10-14,21-22,24H,3-4,9H2,1-2H3,(H,25,27)(H,26,28)/t13?,14?,21-,22+,24?/m0/s1. The highest BCUT2D eigenvalue weighted by Gasteiger charge is 2.58. The molecule has 1 aliphatic heterocycles. The molecule has 0 radical (unpaired) electrons. The predicted octanol–water partition coefficient (Wildman–Crippen LogP) is 3.94. The fourth-order valence-electron chi connectivity index (χ4n) is 7.04. The summed E-state index contributed by atoms with van der Waals surface area (Å²) >= 11 is 0. The minimum Gasteiger partial charge on any atom is -0.278 e. The Kier molecular flexibility index (Phi) is 3.89. The lowest BCUT2D eigenvalue weighted by molar-refractivity contribution is 0.236. The first-order chi connectivity index (χ1) is 15.9. The molecule has 3 aliphatic rings. The van der Waals surface area contributed by atoms with Crippen LogP contribution in [0, 0.1) is 17.8 Å². The van der Waals surface area contributed by atoms with E-state index in [-0.39, 0.29) is 12.0 Å². The van der Waals surface area contributed by atoms with Crippen LogP contribution in [0.15, 0.2) is 42.7 Å². The summed E-state index contributed by atoms with van der Waals surface area (Å²) in [6.07, 6.45) is 7.24. The van der Waals surface area contributed by atoms with E-state index in [1.807, 2.05) is 30.6 Å². The molecule has 2 saturated carbocycles. The van der Waals surface area contributed by atoms with Gasteiger partial charge in [-0.05, 0) is 78.3 Å². The maximum absolute atomic E-state index is 13.9. The van der Waals surface area contributed by atoms with Crippen LogP contribution >= 0.6 is 0 Å². The van der Waals surface area contributed by atoms with E-state index in [1.165, 1.54) is 23.6 Å². The fourth-order valence-corrected chi connectivity index (χ4v) is 8.35. The topological polar surface area (TPSA) is 98.0 Å². The van der Waals surface area contributed by atoms with Gasteiger partial charge in [0.15, 0.2) is 0 Å². The van der Waals surface area contributed by atoms with E-state index in [2.05, 4.69) is 32.5 Å². The van der Waals surface area contributed by atoms with E-state index < -0.39 is 10.2 Å². The summed E-state index contributed by atoms with van der Waals surface area (Å²) < 4.78 is 30.9. The molecule has 0 spiro atoms. The van der Waals surface area contributed by atoms with E-state index >= 15 is 0 Å². The molecule has 3 unspecified atom stereocenters. The molecule has 7 rings (SSSR count). The molecule has 3 heterocycles. The van der Waals surface area contributed by atoms with Gasteiger partial charge in [0, 0.05) is 24.9 Å². The van der Waals surface area contributed by atoms with Crippen LogP contribution in [0.4, 0.5) is 5.69 Å². The van der Waals surface area contributed by atoms with E-state index in [0.29, 0.717) is 17.8 Å². The summed E-state index contributed by atoms with van der Waals surface area (Å²) in [5, 5.41) is 16.6. The van der Waals surface area contributed by atoms with Crippen molar-refractivity contribution in [2.45, 2.75) is 31.2 Å². The third-order valence-corrected chi connectivity index (χ3v) is 10.2. The fraction of sp³-hybridized carbons (Fsp3) is 0.417. The first kappa shape index (κ1) is 19.5. The van der Waals surface area contributed by atoms with Gasteiger partial charge in [0.1, 0.15) is 0 Å². The van der Waals surface area contributed by atoms with E-state index in [0.717, 1.165) is 38.6 Å². The van der Waals surface area contributed by atoms with Crippen LogP contribution in [-0.4, -0.2) is 47.2 Å². The first-order valence-corrected chi connectivity index (χ1v) is 13.0. The van der Waals surface area contributed by atoms with E-state index in [4.69, 9.17) is 0 Å². The quantitative estimate of drug-likeness (QED) is 0.482. The molecular formula is C24H26N6O2S. The lowest BCUT2D eigenvalue weighted by Crippen LogP contribution is -2.50. The highest BCUT2D eigenvalue weighted by Crippen LogP contribution is 2.66. The summed E-state index contributed by atoms with van der Waals surface area (Å²) in [5.74, 6) is 1.67. The molecular weight excluding hydrogens is 436 g/mol. The Morgan fingerprint density at radius 2 is 1.76 bits per heavy atom. The lowest BCUT2D eigenvalue weighted by atomic mass is 9.67. The summed E-state index contributed by atoms with van der Waals surface area (Å²) in [7, 11) is -0.506. The van der Waals surface area contributed by atoms with E-state index in [1.54, 1.807) is 18.4 Å². The number of rotatable bonds is 3. The van der Waals surface area contributed by atoms with Crippen molar-refractivity contribution in [1.82, 2.24) is 24.7 Å². The molecule has 5 atom stereocenters. The number of aromatic nitrogens is 4. The molecule has 2 aromatic heterocycles. The molecule has 2 bridgehead atoms. The summed E-state index contributed by atoms with van der Waals surface area (Å²) in [6.45, 7) is 0. The van der Waals surface area contributed by atoms with Gasteiger partial charge in [-0.15, -0.1) is 0 Å². The number of nitrogens with one attached hydrogen (secondary N) is 2. The number of anilines is 1. The van der Waals surface area contributed by atoms with Crippen molar-refractivity contribution in [1.29, 1.82) is 0 Å². The van der Waals surface area contributed by atoms with Gasteiger partial charge in [-0.2, -0.15) is 22.9 Å². The molecule has 0 amide bonds. The summed E-state index contributed by atoms with van der Waals surface area (Å²) in [5.41, 5.74) is 4.92. The third kappa shape index (κ3) is 2.52. The minimum atomic E-state index is -3.75. The molecule has 33 heavy (non-hydrogen) atoms. The van der Waals surface area contributed by atoms with Gasteiger partial charge in [0.05, 0.1) is 35.2 Å². The van der Waals surface area contributed by atoms with Crippen molar-refractivity contribution in [2.24, 2.45) is 17.8 Å². The van der Waals surface area contributed by atoms with Gasteiger partial charge in [-0.25, -0.2) is 4.31 Å². The van der Waals surface area contributed by atoms with Gasteiger partial charge >= 0.3 is 10.2 Å². The zero-order valence-electron chi connectivity index (χ0n) is 18.6. The monoisotopic (exact) mass is 462 g/mol. The number of nitrogens with zero attached hydrogens (tertiary/aromatic N) is 4. The summed E-state index contributed by atoms with van der Waals surface area (Å²) in [6, 6.07) is 9.90. The minimum absolute atomic E-state index is 0.232. The zero-order chi connectivity index (χ0) is 22.5. The Bertz CT molecular complexity index is 1510. The Morgan fingerprint density at radius 3 is 2.61 bits per heavy atom. The maximum atomic E-state index is 13.9. The molecule has 8 nitrogen and oxygen atoms in total. The lowest BCUT2D eigenvalue weighted by Gasteiger charge is -2.49. The SMILES string of the molecule is CN(C)S(=O)(=O)N1c2ccc3[nH]ncc3c2[C@H]2C3CCC(C3)[C@H]2C1c1ccc2[nH]ncc2c1.